The number of fused-ring (bicyclic) bond motifs is 3. The van der Waals surface area contributed by atoms with E-state index in [0.717, 1.165) is 24.2 Å². The molecule has 4 atom stereocenters. The lowest BCUT2D eigenvalue weighted by molar-refractivity contribution is -0.133. The fourth-order valence-electron chi connectivity index (χ4n) is 4.56. The van der Waals surface area contributed by atoms with Gasteiger partial charge >= 0.3 is 0 Å². The summed E-state index contributed by atoms with van der Waals surface area (Å²) in [5, 5.41) is 0. The summed E-state index contributed by atoms with van der Waals surface area (Å²) < 4.78 is 0. The van der Waals surface area contributed by atoms with Gasteiger partial charge in [-0.05, 0) is 49.9 Å². The number of ketones is 1. The summed E-state index contributed by atoms with van der Waals surface area (Å²) in [6, 6.07) is 0. The lowest BCUT2D eigenvalue weighted by atomic mass is 9.57. The number of rotatable bonds is 0. The van der Waals surface area contributed by atoms with E-state index in [1.807, 2.05) is 0 Å². The number of carbonyl (C=O) groups excluding carboxylic acids is 1. The molecule has 3 fully saturated rings. The van der Waals surface area contributed by atoms with Crippen LogP contribution in [0.25, 0.3) is 0 Å². The van der Waals surface area contributed by atoms with E-state index in [9.17, 15) is 4.79 Å². The van der Waals surface area contributed by atoms with Gasteiger partial charge in [-0.2, -0.15) is 0 Å². The Kier molecular flexibility index (Phi) is 2.58. The first kappa shape index (κ1) is 9.86. The van der Waals surface area contributed by atoms with Crippen LogP contribution < -0.4 is 0 Å². The maximum Gasteiger partial charge on any atom is 0.136 e. The van der Waals surface area contributed by atoms with Crippen LogP contribution in [0.5, 0.6) is 0 Å². The molecular formula is C14H22O. The number of Topliss-reactive ketones (excluding diaryl/α,β-unsaturated/α-hetero) is 1. The first-order valence-corrected chi connectivity index (χ1v) is 6.89. The summed E-state index contributed by atoms with van der Waals surface area (Å²) in [4.78, 5) is 12.1. The highest BCUT2D eigenvalue weighted by Crippen LogP contribution is 2.50. The van der Waals surface area contributed by atoms with E-state index in [1.54, 1.807) is 0 Å². The van der Waals surface area contributed by atoms with Crippen molar-refractivity contribution >= 4 is 5.78 Å². The van der Waals surface area contributed by atoms with Gasteiger partial charge < -0.3 is 0 Å². The molecule has 0 saturated heterocycles. The van der Waals surface area contributed by atoms with Gasteiger partial charge in [0.25, 0.3) is 0 Å². The summed E-state index contributed by atoms with van der Waals surface area (Å²) in [7, 11) is 0. The fourth-order valence-corrected chi connectivity index (χ4v) is 4.56. The van der Waals surface area contributed by atoms with Gasteiger partial charge in [-0.1, -0.05) is 19.3 Å². The highest BCUT2D eigenvalue weighted by Gasteiger charge is 2.44. The third-order valence-corrected chi connectivity index (χ3v) is 5.22. The lowest BCUT2D eigenvalue weighted by Gasteiger charge is -2.46. The molecule has 1 heteroatoms. The van der Waals surface area contributed by atoms with Crippen LogP contribution in [-0.4, -0.2) is 5.78 Å². The largest absolute Gasteiger partial charge is 0.299 e. The Morgan fingerprint density at radius 1 is 0.800 bits per heavy atom. The SMILES string of the molecule is O=C1CCC[C@H]2CC[C@@H]3CCCC[C@@H]3[C@@H]12. The smallest absolute Gasteiger partial charge is 0.136 e. The average Bonchev–Trinajstić information content (AvgIpc) is 2.29. The Bertz CT molecular complexity index is 258. The van der Waals surface area contributed by atoms with Gasteiger partial charge in [-0.25, -0.2) is 0 Å². The van der Waals surface area contributed by atoms with Crippen LogP contribution >= 0.6 is 0 Å². The Hall–Kier alpha value is -0.330. The summed E-state index contributed by atoms with van der Waals surface area (Å²) in [6.07, 6.45) is 11.8. The molecule has 3 rings (SSSR count). The lowest BCUT2D eigenvalue weighted by Crippen LogP contribution is -2.43. The van der Waals surface area contributed by atoms with Crippen LogP contribution in [0.4, 0.5) is 0 Å². The van der Waals surface area contributed by atoms with Crippen molar-refractivity contribution in [1.29, 1.82) is 0 Å². The predicted molar refractivity (Wildman–Crippen MR) is 60.5 cm³/mol. The predicted octanol–water partition coefficient (Wildman–Crippen LogP) is 3.57. The van der Waals surface area contributed by atoms with Crippen molar-refractivity contribution in [2.24, 2.45) is 23.7 Å². The van der Waals surface area contributed by atoms with Gasteiger partial charge in [0.05, 0.1) is 0 Å². The molecule has 0 aromatic heterocycles. The molecule has 0 aromatic rings. The van der Waals surface area contributed by atoms with Crippen LogP contribution in [-0.2, 0) is 4.79 Å². The molecule has 0 aromatic carbocycles. The maximum absolute atomic E-state index is 12.1. The molecule has 0 N–H and O–H groups in total. The summed E-state index contributed by atoms with van der Waals surface area (Å²) in [5.41, 5.74) is 0. The maximum atomic E-state index is 12.1. The van der Waals surface area contributed by atoms with Gasteiger partial charge in [0.1, 0.15) is 5.78 Å². The quantitative estimate of drug-likeness (QED) is 0.592. The standard InChI is InChI=1S/C14H22O/c15-13-7-3-5-11-9-8-10-4-1-2-6-12(10)14(11)13/h10-12,14H,1-9H2/t10-,11-,12-,14-/m0/s1. The third kappa shape index (κ3) is 1.64. The molecule has 3 aliphatic rings. The molecular weight excluding hydrogens is 184 g/mol. The summed E-state index contributed by atoms with van der Waals surface area (Å²) in [5.74, 6) is 3.62. The molecule has 3 aliphatic carbocycles. The van der Waals surface area contributed by atoms with Crippen molar-refractivity contribution < 1.29 is 4.79 Å². The average molecular weight is 206 g/mol. The monoisotopic (exact) mass is 206 g/mol. The minimum atomic E-state index is 0.498. The first-order valence-electron chi connectivity index (χ1n) is 6.89. The van der Waals surface area contributed by atoms with Crippen LogP contribution in [0.15, 0.2) is 0 Å². The van der Waals surface area contributed by atoms with Crippen molar-refractivity contribution in [1.82, 2.24) is 0 Å². The van der Waals surface area contributed by atoms with E-state index in [4.69, 9.17) is 0 Å². The van der Waals surface area contributed by atoms with Gasteiger partial charge in [0.15, 0.2) is 0 Å². The second-order valence-electron chi connectivity index (χ2n) is 5.93. The van der Waals surface area contributed by atoms with E-state index >= 15 is 0 Å². The molecule has 0 spiro atoms. The van der Waals surface area contributed by atoms with E-state index in [0.29, 0.717) is 11.7 Å². The van der Waals surface area contributed by atoms with E-state index in [-0.39, 0.29) is 0 Å². The molecule has 3 saturated carbocycles. The molecule has 0 bridgehead atoms. The third-order valence-electron chi connectivity index (χ3n) is 5.22. The molecule has 84 valence electrons. The van der Waals surface area contributed by atoms with E-state index in [1.165, 1.54) is 51.4 Å². The van der Waals surface area contributed by atoms with Crippen molar-refractivity contribution in [3.63, 3.8) is 0 Å². The van der Waals surface area contributed by atoms with E-state index < -0.39 is 0 Å². The zero-order valence-electron chi connectivity index (χ0n) is 9.58. The van der Waals surface area contributed by atoms with Gasteiger partial charge in [0.2, 0.25) is 0 Å². The van der Waals surface area contributed by atoms with Crippen molar-refractivity contribution in [2.45, 2.75) is 57.8 Å². The second kappa shape index (κ2) is 3.92. The zero-order chi connectivity index (χ0) is 10.3. The fraction of sp³-hybridized carbons (Fsp3) is 0.929. The normalized spacial score (nSPS) is 45.7. The Labute approximate surface area is 92.6 Å². The van der Waals surface area contributed by atoms with Crippen LogP contribution in [0.3, 0.4) is 0 Å². The Morgan fingerprint density at radius 2 is 1.53 bits per heavy atom. The summed E-state index contributed by atoms with van der Waals surface area (Å²) in [6.45, 7) is 0. The van der Waals surface area contributed by atoms with Gasteiger partial charge in [-0.3, -0.25) is 4.79 Å². The number of hydrogen-bond donors (Lipinski definition) is 0. The molecule has 15 heavy (non-hydrogen) atoms. The zero-order valence-corrected chi connectivity index (χ0v) is 9.58. The molecule has 1 nitrogen and oxygen atoms in total. The van der Waals surface area contributed by atoms with Crippen LogP contribution in [0, 0.1) is 23.7 Å². The number of carbonyl (C=O) groups is 1. The molecule has 0 amide bonds. The first-order chi connectivity index (χ1) is 7.36. The Morgan fingerprint density at radius 3 is 2.47 bits per heavy atom. The van der Waals surface area contributed by atoms with Gasteiger partial charge in [-0.15, -0.1) is 0 Å². The molecule has 0 radical (unpaired) electrons. The van der Waals surface area contributed by atoms with Crippen LogP contribution in [0.2, 0.25) is 0 Å². The second-order valence-corrected chi connectivity index (χ2v) is 5.93. The minimum Gasteiger partial charge on any atom is -0.299 e. The van der Waals surface area contributed by atoms with Crippen molar-refractivity contribution in [3.8, 4) is 0 Å². The topological polar surface area (TPSA) is 17.1 Å². The van der Waals surface area contributed by atoms with Crippen molar-refractivity contribution in [3.05, 3.63) is 0 Å². The molecule has 0 unspecified atom stereocenters. The molecule has 0 heterocycles. The molecule has 0 aliphatic heterocycles. The summed E-state index contributed by atoms with van der Waals surface area (Å²) >= 11 is 0. The van der Waals surface area contributed by atoms with E-state index in [2.05, 4.69) is 0 Å². The minimum absolute atomic E-state index is 0.498. The van der Waals surface area contributed by atoms with Crippen molar-refractivity contribution in [2.75, 3.05) is 0 Å². The number of hydrogen-bond acceptors (Lipinski definition) is 1. The highest BCUT2D eigenvalue weighted by molar-refractivity contribution is 5.82. The van der Waals surface area contributed by atoms with Gasteiger partial charge in [0, 0.05) is 12.3 Å². The van der Waals surface area contributed by atoms with Crippen LogP contribution in [0.1, 0.15) is 57.8 Å². The Balaban J connectivity index is 1.82. The highest BCUT2D eigenvalue weighted by atomic mass is 16.1.